The number of nitrogens with two attached hydrogens (primary N) is 1. The standard InChI is InChI=1S/C20H22N4S/c1-14-10-15(2)12-18(11-14)24-20(21)22-9-8-17-13-25-19(23-17)16-6-4-3-5-7-16/h3-7,10-13H,8-9H2,1-2H3,(H3,21,22,24). The lowest BCUT2D eigenvalue weighted by Crippen LogP contribution is -2.23. The van der Waals surface area contributed by atoms with Crippen LogP contribution in [0.5, 0.6) is 0 Å². The number of aromatic nitrogens is 1. The molecule has 0 aliphatic heterocycles. The summed E-state index contributed by atoms with van der Waals surface area (Å²) in [5, 5.41) is 6.28. The quantitative estimate of drug-likeness (QED) is 0.530. The van der Waals surface area contributed by atoms with Crippen molar-refractivity contribution in [2.75, 3.05) is 11.9 Å². The van der Waals surface area contributed by atoms with Gasteiger partial charge in [-0.25, -0.2) is 4.98 Å². The Bertz CT molecular complexity index is 848. The molecule has 0 saturated carbocycles. The van der Waals surface area contributed by atoms with E-state index in [0.717, 1.165) is 28.4 Å². The predicted molar refractivity (Wildman–Crippen MR) is 107 cm³/mol. The second kappa shape index (κ2) is 7.94. The van der Waals surface area contributed by atoms with E-state index in [0.29, 0.717) is 12.5 Å². The van der Waals surface area contributed by atoms with Gasteiger partial charge in [-0.15, -0.1) is 11.3 Å². The second-order valence-electron chi connectivity index (χ2n) is 6.03. The smallest absolute Gasteiger partial charge is 0.193 e. The Morgan fingerprint density at radius 3 is 2.56 bits per heavy atom. The molecule has 0 atom stereocenters. The highest BCUT2D eigenvalue weighted by atomic mass is 32.1. The molecular weight excluding hydrogens is 328 g/mol. The molecule has 3 aromatic rings. The van der Waals surface area contributed by atoms with Crippen molar-refractivity contribution in [1.82, 2.24) is 4.98 Å². The minimum absolute atomic E-state index is 0.434. The zero-order valence-corrected chi connectivity index (χ0v) is 15.3. The first-order valence-corrected chi connectivity index (χ1v) is 9.13. The normalized spacial score (nSPS) is 11.5. The largest absolute Gasteiger partial charge is 0.370 e. The van der Waals surface area contributed by atoms with Gasteiger partial charge < -0.3 is 11.1 Å². The summed E-state index contributed by atoms with van der Waals surface area (Å²) < 4.78 is 0. The molecule has 0 radical (unpaired) electrons. The SMILES string of the molecule is Cc1cc(C)cc(NC(N)=NCCc2csc(-c3ccccc3)n2)c1. The average molecular weight is 350 g/mol. The number of guanidine groups is 1. The molecule has 0 spiro atoms. The molecule has 4 nitrogen and oxygen atoms in total. The Morgan fingerprint density at radius 2 is 1.84 bits per heavy atom. The predicted octanol–water partition coefficient (Wildman–Crippen LogP) is 4.40. The Morgan fingerprint density at radius 1 is 1.12 bits per heavy atom. The van der Waals surface area contributed by atoms with Gasteiger partial charge in [0.2, 0.25) is 0 Å². The molecule has 0 fully saturated rings. The summed E-state index contributed by atoms with van der Waals surface area (Å²) in [7, 11) is 0. The van der Waals surface area contributed by atoms with Crippen LogP contribution in [0, 0.1) is 13.8 Å². The number of aliphatic imine (C=N–C) groups is 1. The summed E-state index contributed by atoms with van der Waals surface area (Å²) in [5.41, 5.74) is 11.6. The van der Waals surface area contributed by atoms with Gasteiger partial charge in [0.25, 0.3) is 0 Å². The third-order valence-corrected chi connectivity index (χ3v) is 4.66. The molecule has 5 heteroatoms. The van der Waals surface area contributed by atoms with Crippen molar-refractivity contribution < 1.29 is 0 Å². The van der Waals surface area contributed by atoms with Gasteiger partial charge in [-0.2, -0.15) is 0 Å². The maximum Gasteiger partial charge on any atom is 0.193 e. The van der Waals surface area contributed by atoms with Crippen LogP contribution < -0.4 is 11.1 Å². The molecule has 0 bridgehead atoms. The number of hydrogen-bond acceptors (Lipinski definition) is 3. The second-order valence-corrected chi connectivity index (χ2v) is 6.89. The molecule has 128 valence electrons. The van der Waals surface area contributed by atoms with Crippen LogP contribution >= 0.6 is 11.3 Å². The van der Waals surface area contributed by atoms with E-state index in [9.17, 15) is 0 Å². The maximum absolute atomic E-state index is 5.99. The first-order valence-electron chi connectivity index (χ1n) is 8.25. The highest BCUT2D eigenvalue weighted by Crippen LogP contribution is 2.23. The highest BCUT2D eigenvalue weighted by molar-refractivity contribution is 7.13. The van der Waals surface area contributed by atoms with E-state index >= 15 is 0 Å². The molecule has 1 heterocycles. The van der Waals surface area contributed by atoms with Crippen molar-refractivity contribution in [1.29, 1.82) is 0 Å². The third-order valence-electron chi connectivity index (χ3n) is 3.72. The van der Waals surface area contributed by atoms with Crippen molar-refractivity contribution in [3.05, 3.63) is 70.7 Å². The average Bonchev–Trinajstić information content (AvgIpc) is 3.03. The van der Waals surface area contributed by atoms with Crippen LogP contribution in [0.4, 0.5) is 5.69 Å². The molecule has 3 rings (SSSR count). The van der Waals surface area contributed by atoms with Gasteiger partial charge in [0.15, 0.2) is 5.96 Å². The van der Waals surface area contributed by atoms with Crippen LogP contribution in [0.1, 0.15) is 16.8 Å². The zero-order valence-electron chi connectivity index (χ0n) is 14.5. The molecule has 0 aliphatic carbocycles. The molecule has 2 aromatic carbocycles. The van der Waals surface area contributed by atoms with Gasteiger partial charge in [0, 0.05) is 29.6 Å². The monoisotopic (exact) mass is 350 g/mol. The van der Waals surface area contributed by atoms with E-state index in [2.05, 4.69) is 64.9 Å². The molecule has 0 saturated heterocycles. The van der Waals surface area contributed by atoms with Crippen molar-refractivity contribution in [2.45, 2.75) is 20.3 Å². The molecular formula is C20H22N4S. The molecule has 0 aliphatic rings. The van der Waals surface area contributed by atoms with Gasteiger partial charge in [-0.1, -0.05) is 36.4 Å². The molecule has 1 aromatic heterocycles. The van der Waals surface area contributed by atoms with E-state index in [1.807, 2.05) is 18.2 Å². The lowest BCUT2D eigenvalue weighted by molar-refractivity contribution is 0.934. The Labute approximate surface area is 152 Å². The lowest BCUT2D eigenvalue weighted by atomic mass is 10.1. The van der Waals surface area contributed by atoms with E-state index in [4.69, 9.17) is 5.73 Å². The third kappa shape index (κ3) is 4.90. The fourth-order valence-electron chi connectivity index (χ4n) is 2.66. The van der Waals surface area contributed by atoms with Crippen LogP contribution in [0.15, 0.2) is 58.9 Å². The van der Waals surface area contributed by atoms with Crippen LogP contribution in [-0.2, 0) is 6.42 Å². The Balaban J connectivity index is 1.56. The van der Waals surface area contributed by atoms with E-state index in [1.165, 1.54) is 11.1 Å². The lowest BCUT2D eigenvalue weighted by Gasteiger charge is -2.07. The fourth-order valence-corrected chi connectivity index (χ4v) is 3.52. The van der Waals surface area contributed by atoms with Crippen molar-refractivity contribution in [3.63, 3.8) is 0 Å². The summed E-state index contributed by atoms with van der Waals surface area (Å²) in [4.78, 5) is 9.08. The topological polar surface area (TPSA) is 63.3 Å². The first-order chi connectivity index (χ1) is 12.1. The van der Waals surface area contributed by atoms with Crippen molar-refractivity contribution in [3.8, 4) is 10.6 Å². The number of aryl methyl sites for hydroxylation is 2. The number of rotatable bonds is 5. The van der Waals surface area contributed by atoms with Gasteiger partial charge in [0.05, 0.1) is 5.69 Å². The molecule has 0 amide bonds. The van der Waals surface area contributed by atoms with Gasteiger partial charge in [-0.05, 0) is 37.1 Å². The van der Waals surface area contributed by atoms with Crippen LogP contribution in [0.3, 0.4) is 0 Å². The van der Waals surface area contributed by atoms with Crippen LogP contribution in [0.2, 0.25) is 0 Å². The summed E-state index contributed by atoms with van der Waals surface area (Å²) >= 11 is 1.66. The Hall–Kier alpha value is -2.66. The number of nitrogens with zero attached hydrogens (tertiary/aromatic N) is 2. The highest BCUT2D eigenvalue weighted by Gasteiger charge is 2.04. The number of thiazole rings is 1. The molecule has 3 N–H and O–H groups in total. The first kappa shape index (κ1) is 17.2. The van der Waals surface area contributed by atoms with Gasteiger partial charge in [0.1, 0.15) is 5.01 Å². The number of hydrogen-bond donors (Lipinski definition) is 2. The van der Waals surface area contributed by atoms with Gasteiger partial charge >= 0.3 is 0 Å². The van der Waals surface area contributed by atoms with E-state index in [-0.39, 0.29) is 0 Å². The summed E-state index contributed by atoms with van der Waals surface area (Å²) in [5.74, 6) is 0.434. The fraction of sp³-hybridized carbons (Fsp3) is 0.200. The zero-order chi connectivity index (χ0) is 17.6. The maximum atomic E-state index is 5.99. The summed E-state index contributed by atoms with van der Waals surface area (Å²) in [6.07, 6.45) is 0.776. The number of benzene rings is 2. The number of anilines is 1. The molecule has 25 heavy (non-hydrogen) atoms. The van der Waals surface area contributed by atoms with Crippen LogP contribution in [-0.4, -0.2) is 17.5 Å². The Kier molecular flexibility index (Phi) is 5.46. The van der Waals surface area contributed by atoms with E-state index in [1.54, 1.807) is 11.3 Å². The van der Waals surface area contributed by atoms with Crippen molar-refractivity contribution in [2.24, 2.45) is 10.7 Å². The van der Waals surface area contributed by atoms with E-state index < -0.39 is 0 Å². The van der Waals surface area contributed by atoms with Crippen LogP contribution in [0.25, 0.3) is 10.6 Å². The number of nitrogens with one attached hydrogen (secondary N) is 1. The minimum atomic E-state index is 0.434. The van der Waals surface area contributed by atoms with Crippen molar-refractivity contribution >= 4 is 23.0 Å². The summed E-state index contributed by atoms with van der Waals surface area (Å²) in [6, 6.07) is 16.5. The van der Waals surface area contributed by atoms with Gasteiger partial charge in [-0.3, -0.25) is 4.99 Å². The summed E-state index contributed by atoms with van der Waals surface area (Å²) in [6.45, 7) is 4.75. The molecule has 0 unspecified atom stereocenters. The minimum Gasteiger partial charge on any atom is -0.370 e.